The highest BCUT2D eigenvalue weighted by Crippen LogP contribution is 2.36. The molecule has 1 rings (SSSR count). The van der Waals surface area contributed by atoms with Crippen molar-refractivity contribution in [3.8, 4) is 5.75 Å². The van der Waals surface area contributed by atoms with Crippen molar-refractivity contribution in [2.75, 3.05) is 0 Å². The highest BCUT2D eigenvalue weighted by molar-refractivity contribution is 7.42. The molecule has 0 saturated carbocycles. The summed E-state index contributed by atoms with van der Waals surface area (Å²) in [5, 5.41) is 0. The number of esters is 1. The van der Waals surface area contributed by atoms with Crippen molar-refractivity contribution in [2.24, 2.45) is 0 Å². The molecule has 2 atom stereocenters. The molecule has 1 aromatic rings. The van der Waals surface area contributed by atoms with Crippen LogP contribution in [0.25, 0.3) is 0 Å². The molecular formula is C15H23NO4P+. The molecule has 5 nitrogen and oxygen atoms in total. The molecule has 0 amide bonds. The van der Waals surface area contributed by atoms with Gasteiger partial charge in [-0.2, -0.15) is 0 Å². The average molecular weight is 312 g/mol. The molecule has 2 unspecified atom stereocenters. The Bertz CT molecular complexity index is 476. The van der Waals surface area contributed by atoms with Crippen LogP contribution in [-0.4, -0.2) is 28.6 Å². The first-order valence-corrected chi connectivity index (χ1v) is 8.30. The first kappa shape index (κ1) is 17.6. The van der Waals surface area contributed by atoms with E-state index in [1.54, 1.807) is 32.9 Å². The summed E-state index contributed by atoms with van der Waals surface area (Å²) < 4.78 is 17.6. The van der Waals surface area contributed by atoms with Crippen molar-refractivity contribution in [1.29, 1.82) is 0 Å². The Balaban J connectivity index is 2.91. The Morgan fingerprint density at radius 3 is 2.14 bits per heavy atom. The second-order valence-corrected chi connectivity index (χ2v) is 7.30. The normalized spacial score (nSPS) is 13.4. The van der Waals surface area contributed by atoms with Gasteiger partial charge in [0.25, 0.3) is 0 Å². The number of nitrogens with zero attached hydrogens (tertiary/aromatic N) is 1. The van der Waals surface area contributed by atoms with Crippen molar-refractivity contribution in [1.82, 2.24) is 4.83 Å². The number of benzene rings is 1. The van der Waals surface area contributed by atoms with Gasteiger partial charge in [0, 0.05) is 0 Å². The number of hydrogen-bond acceptors (Lipinski definition) is 4. The van der Waals surface area contributed by atoms with Crippen LogP contribution in [0, 0.1) is 0 Å². The number of hydroxylamine groups is 1. The molecule has 1 aromatic carbocycles. The smallest absolute Gasteiger partial charge is 0.462 e. The minimum atomic E-state index is -1.86. The highest BCUT2D eigenvalue weighted by atomic mass is 31.1. The van der Waals surface area contributed by atoms with Crippen LogP contribution >= 0.6 is 7.95 Å². The fourth-order valence-electron chi connectivity index (χ4n) is 1.53. The fourth-order valence-corrected chi connectivity index (χ4v) is 2.59. The van der Waals surface area contributed by atoms with Crippen molar-refractivity contribution >= 4 is 13.9 Å². The first-order chi connectivity index (χ1) is 9.82. The van der Waals surface area contributed by atoms with E-state index in [0.29, 0.717) is 5.75 Å². The standard InChI is InChI=1S/C15H23NO4P/c1-11(2)19-15(17)13(5)16(21(18)12(3)4)20-14-9-7-6-8-10-14/h6-13H,1-5H3/q+1. The third kappa shape index (κ3) is 5.44. The topological polar surface area (TPSA) is 55.8 Å². The molecule has 0 aliphatic heterocycles. The van der Waals surface area contributed by atoms with E-state index >= 15 is 0 Å². The predicted octanol–water partition coefficient (Wildman–Crippen LogP) is 3.77. The molecule has 0 heterocycles. The van der Waals surface area contributed by atoms with Crippen LogP contribution < -0.4 is 4.84 Å². The summed E-state index contributed by atoms with van der Waals surface area (Å²) in [5.74, 6) is 0.0793. The van der Waals surface area contributed by atoms with E-state index in [4.69, 9.17) is 9.57 Å². The largest absolute Gasteiger partial charge is 0.473 e. The Kier molecular flexibility index (Phi) is 6.79. The summed E-state index contributed by atoms with van der Waals surface area (Å²) in [6, 6.07) is 8.23. The molecule has 21 heavy (non-hydrogen) atoms. The second kappa shape index (κ2) is 8.11. The van der Waals surface area contributed by atoms with E-state index in [2.05, 4.69) is 0 Å². The summed E-state index contributed by atoms with van der Waals surface area (Å²) >= 11 is 0. The Hall–Kier alpha value is -1.45. The van der Waals surface area contributed by atoms with Gasteiger partial charge in [-0.25, -0.2) is 0 Å². The third-order valence-corrected chi connectivity index (χ3v) is 4.30. The second-order valence-electron chi connectivity index (χ2n) is 5.26. The number of hydrogen-bond donors (Lipinski definition) is 0. The van der Waals surface area contributed by atoms with Crippen molar-refractivity contribution in [3.63, 3.8) is 0 Å². The lowest BCUT2D eigenvalue weighted by molar-refractivity contribution is -0.158. The summed E-state index contributed by atoms with van der Waals surface area (Å²) in [5.41, 5.74) is -0.141. The molecule has 0 N–H and O–H groups in total. The minimum Gasteiger partial charge on any atom is -0.462 e. The summed E-state index contributed by atoms with van der Waals surface area (Å²) in [4.78, 5) is 18.9. The van der Waals surface area contributed by atoms with Crippen LogP contribution in [0.1, 0.15) is 34.6 Å². The lowest BCUT2D eigenvalue weighted by atomic mass is 10.3. The number of carbonyl (C=O) groups is 1. The predicted molar refractivity (Wildman–Crippen MR) is 82.3 cm³/mol. The Labute approximate surface area is 127 Å². The molecule has 0 aliphatic carbocycles. The maximum atomic E-state index is 12.4. The quantitative estimate of drug-likeness (QED) is 0.436. The number of para-hydroxylation sites is 1. The molecule has 0 aliphatic rings. The number of carbonyl (C=O) groups excluding carboxylic acids is 1. The maximum absolute atomic E-state index is 12.4. The Morgan fingerprint density at radius 2 is 1.67 bits per heavy atom. The molecule has 0 spiro atoms. The Morgan fingerprint density at radius 1 is 1.10 bits per heavy atom. The van der Waals surface area contributed by atoms with Gasteiger partial charge < -0.3 is 9.57 Å². The number of rotatable bonds is 7. The monoisotopic (exact) mass is 312 g/mol. The highest BCUT2D eigenvalue weighted by Gasteiger charge is 2.42. The van der Waals surface area contributed by atoms with Gasteiger partial charge in [0.2, 0.25) is 0 Å². The average Bonchev–Trinajstić information content (AvgIpc) is 2.43. The minimum absolute atomic E-state index is 0.141. The van der Waals surface area contributed by atoms with Gasteiger partial charge in [0.05, 0.1) is 10.9 Å². The van der Waals surface area contributed by atoms with Gasteiger partial charge in [0.15, 0.2) is 17.5 Å². The van der Waals surface area contributed by atoms with E-state index in [-0.39, 0.29) is 11.8 Å². The molecule has 0 radical (unpaired) electrons. The van der Waals surface area contributed by atoms with Crippen molar-refractivity contribution in [3.05, 3.63) is 30.3 Å². The maximum Gasteiger partial charge on any atom is 0.473 e. The van der Waals surface area contributed by atoms with Gasteiger partial charge >= 0.3 is 13.9 Å². The molecule has 0 bridgehead atoms. The van der Waals surface area contributed by atoms with Crippen LogP contribution in [0.15, 0.2) is 30.3 Å². The van der Waals surface area contributed by atoms with Gasteiger partial charge in [-0.05, 0) is 51.3 Å². The lowest BCUT2D eigenvalue weighted by Crippen LogP contribution is -2.39. The van der Waals surface area contributed by atoms with E-state index in [1.807, 2.05) is 32.0 Å². The van der Waals surface area contributed by atoms with E-state index in [9.17, 15) is 9.36 Å². The zero-order chi connectivity index (χ0) is 16.0. The summed E-state index contributed by atoms with van der Waals surface area (Å²) in [7, 11) is -1.86. The zero-order valence-corrected chi connectivity index (χ0v) is 14.0. The first-order valence-electron chi connectivity index (χ1n) is 7.02. The molecule has 6 heteroatoms. The number of ether oxygens (including phenoxy) is 1. The van der Waals surface area contributed by atoms with Gasteiger partial charge in [-0.1, -0.05) is 18.2 Å². The molecular weight excluding hydrogens is 289 g/mol. The van der Waals surface area contributed by atoms with Crippen LogP contribution in [0.3, 0.4) is 0 Å². The summed E-state index contributed by atoms with van der Waals surface area (Å²) in [6.45, 7) is 8.81. The lowest BCUT2D eigenvalue weighted by Gasteiger charge is -2.19. The van der Waals surface area contributed by atoms with Gasteiger partial charge in [-0.3, -0.25) is 4.79 Å². The van der Waals surface area contributed by atoms with E-state index in [0.717, 1.165) is 0 Å². The van der Waals surface area contributed by atoms with E-state index in [1.165, 1.54) is 4.83 Å². The molecule has 0 fully saturated rings. The van der Waals surface area contributed by atoms with Crippen LogP contribution in [-0.2, 0) is 14.1 Å². The third-order valence-electron chi connectivity index (χ3n) is 2.60. The van der Waals surface area contributed by atoms with Crippen molar-refractivity contribution < 1.29 is 18.9 Å². The summed E-state index contributed by atoms with van der Waals surface area (Å²) in [6.07, 6.45) is -0.226. The molecule has 116 valence electrons. The van der Waals surface area contributed by atoms with Gasteiger partial charge in [0.1, 0.15) is 0 Å². The zero-order valence-electron chi connectivity index (χ0n) is 13.1. The molecule has 0 saturated heterocycles. The van der Waals surface area contributed by atoms with E-state index < -0.39 is 20.0 Å². The van der Waals surface area contributed by atoms with Crippen LogP contribution in [0.5, 0.6) is 5.75 Å². The van der Waals surface area contributed by atoms with Crippen LogP contribution in [0.4, 0.5) is 0 Å². The SMILES string of the molecule is CC(C)OC(=O)C(C)N(Oc1ccccc1)[P+](=O)C(C)C. The van der Waals surface area contributed by atoms with Gasteiger partial charge in [-0.15, -0.1) is 0 Å². The fraction of sp³-hybridized carbons (Fsp3) is 0.533. The molecule has 0 aromatic heterocycles. The van der Waals surface area contributed by atoms with Crippen LogP contribution in [0.2, 0.25) is 0 Å². The van der Waals surface area contributed by atoms with Crippen molar-refractivity contribution in [2.45, 2.75) is 52.4 Å².